The summed E-state index contributed by atoms with van der Waals surface area (Å²) in [6, 6.07) is 13.3. The number of fused-ring (bicyclic) bond motifs is 2. The molecule has 0 bridgehead atoms. The second kappa shape index (κ2) is 7.03. The molecule has 3 heterocycles. The maximum atomic E-state index is 12.5. The summed E-state index contributed by atoms with van der Waals surface area (Å²) in [6.07, 6.45) is 1.82. The Morgan fingerprint density at radius 1 is 1.13 bits per heavy atom. The number of pyridine rings is 1. The Hall–Kier alpha value is -3.59. The average molecular weight is 398 g/mol. The van der Waals surface area contributed by atoms with Gasteiger partial charge in [0.15, 0.2) is 17.2 Å². The summed E-state index contributed by atoms with van der Waals surface area (Å²) in [6.45, 7) is 11.0. The summed E-state index contributed by atoms with van der Waals surface area (Å²) in [7, 11) is 1.77. The summed E-state index contributed by atoms with van der Waals surface area (Å²) >= 11 is 0. The Morgan fingerprint density at radius 2 is 1.93 bits per heavy atom. The molecule has 6 heteroatoms. The minimum atomic E-state index is -0.0375. The molecule has 150 valence electrons. The molecule has 2 aromatic carbocycles. The maximum Gasteiger partial charge on any atom is 0.252 e. The number of anilines is 1. The van der Waals surface area contributed by atoms with Gasteiger partial charge in [0.1, 0.15) is 5.52 Å². The maximum absolute atomic E-state index is 12.5. The predicted molar refractivity (Wildman–Crippen MR) is 118 cm³/mol. The summed E-state index contributed by atoms with van der Waals surface area (Å²) in [5.41, 5.74) is 5.22. The molecule has 0 aliphatic carbocycles. The molecule has 1 saturated heterocycles. The number of hydrogen-bond acceptors (Lipinski definition) is 4. The Balaban J connectivity index is 1.45. The number of aryl methyl sites for hydroxylation is 2. The first-order valence-electron chi connectivity index (χ1n) is 10.2. The van der Waals surface area contributed by atoms with E-state index in [9.17, 15) is 4.79 Å². The summed E-state index contributed by atoms with van der Waals surface area (Å²) < 4.78 is 7.66. The van der Waals surface area contributed by atoms with Gasteiger partial charge >= 0.3 is 0 Å². The van der Waals surface area contributed by atoms with Crippen molar-refractivity contribution in [1.82, 2.24) is 9.55 Å². The van der Waals surface area contributed by atoms with Crippen LogP contribution in [0.3, 0.4) is 0 Å². The minimum absolute atomic E-state index is 0.0375. The van der Waals surface area contributed by atoms with E-state index in [-0.39, 0.29) is 11.5 Å². The van der Waals surface area contributed by atoms with Crippen molar-refractivity contribution < 1.29 is 4.42 Å². The molecule has 1 aliphatic heterocycles. The predicted octanol–water partition coefficient (Wildman–Crippen LogP) is 4.92. The van der Waals surface area contributed by atoms with Crippen LogP contribution in [0.15, 0.2) is 51.7 Å². The van der Waals surface area contributed by atoms with Crippen LogP contribution >= 0.6 is 0 Å². The Labute approximate surface area is 174 Å². The van der Waals surface area contributed by atoms with Gasteiger partial charge < -0.3 is 13.9 Å². The molecule has 0 amide bonds. The topological polar surface area (TPSA) is 55.6 Å². The zero-order valence-corrected chi connectivity index (χ0v) is 17.1. The highest BCUT2D eigenvalue weighted by Crippen LogP contribution is 2.35. The fraction of sp³-hybridized carbons (Fsp3) is 0.292. The van der Waals surface area contributed by atoms with Crippen LogP contribution in [-0.2, 0) is 7.05 Å². The van der Waals surface area contributed by atoms with E-state index in [2.05, 4.69) is 22.7 Å². The molecule has 0 atom stereocenters. The number of oxazole rings is 1. The molecule has 0 spiro atoms. The molecule has 0 saturated carbocycles. The second-order valence-corrected chi connectivity index (χ2v) is 8.02. The lowest BCUT2D eigenvalue weighted by molar-refractivity contribution is 0.407. The van der Waals surface area contributed by atoms with Crippen LogP contribution < -0.4 is 10.5 Å². The smallest absolute Gasteiger partial charge is 0.252 e. The van der Waals surface area contributed by atoms with Crippen LogP contribution in [0.2, 0.25) is 0 Å². The van der Waals surface area contributed by atoms with Gasteiger partial charge in [-0.15, -0.1) is 0 Å². The van der Waals surface area contributed by atoms with E-state index in [1.54, 1.807) is 23.7 Å². The first kappa shape index (κ1) is 18.4. The monoisotopic (exact) mass is 398 g/mol. The number of hydrogen-bond donors (Lipinski definition) is 0. The molecule has 1 fully saturated rings. The third-order valence-corrected chi connectivity index (χ3v) is 6.08. The summed E-state index contributed by atoms with van der Waals surface area (Å²) in [4.78, 5) is 23.0. The average Bonchev–Trinajstić information content (AvgIpc) is 3.19. The van der Waals surface area contributed by atoms with Gasteiger partial charge in [-0.05, 0) is 49.6 Å². The molecule has 0 N–H and O–H groups in total. The van der Waals surface area contributed by atoms with E-state index in [1.165, 1.54) is 5.56 Å². The molecule has 2 aromatic heterocycles. The fourth-order valence-electron chi connectivity index (χ4n) is 4.36. The SMILES string of the molecule is [C-]#[N+]c1ccc2c(c1)c(N1CCC(c3nc4cc(C)ccc4o3)CC1)cc(=O)n2C. The Bertz CT molecular complexity index is 1370. The van der Waals surface area contributed by atoms with E-state index >= 15 is 0 Å². The molecule has 4 aromatic rings. The van der Waals surface area contributed by atoms with Gasteiger partial charge in [0.05, 0.1) is 17.8 Å². The van der Waals surface area contributed by atoms with Gasteiger partial charge in [-0.25, -0.2) is 9.83 Å². The lowest BCUT2D eigenvalue weighted by Gasteiger charge is -2.33. The number of rotatable bonds is 2. The highest BCUT2D eigenvalue weighted by molar-refractivity contribution is 5.94. The number of benzene rings is 2. The van der Waals surface area contributed by atoms with Gasteiger partial charge in [-0.1, -0.05) is 12.1 Å². The van der Waals surface area contributed by atoms with Crippen molar-refractivity contribution >= 4 is 33.4 Å². The molecular formula is C24H22N4O2. The fourth-order valence-corrected chi connectivity index (χ4v) is 4.36. The van der Waals surface area contributed by atoms with Crippen LogP contribution in [0.25, 0.3) is 26.8 Å². The zero-order chi connectivity index (χ0) is 20.8. The molecule has 30 heavy (non-hydrogen) atoms. The lowest BCUT2D eigenvalue weighted by Crippen LogP contribution is -2.34. The van der Waals surface area contributed by atoms with E-state index in [1.807, 2.05) is 24.3 Å². The quantitative estimate of drug-likeness (QED) is 0.450. The lowest BCUT2D eigenvalue weighted by atomic mass is 9.96. The first-order chi connectivity index (χ1) is 14.5. The second-order valence-electron chi connectivity index (χ2n) is 8.02. The highest BCUT2D eigenvalue weighted by Gasteiger charge is 2.26. The van der Waals surface area contributed by atoms with Crippen molar-refractivity contribution in [3.63, 3.8) is 0 Å². The molecule has 5 rings (SSSR count). The molecule has 0 unspecified atom stereocenters. The van der Waals surface area contributed by atoms with Gasteiger partial charge in [-0.2, -0.15) is 0 Å². The molecule has 0 radical (unpaired) electrons. The van der Waals surface area contributed by atoms with E-state index in [0.717, 1.165) is 59.5 Å². The summed E-state index contributed by atoms with van der Waals surface area (Å²) in [5, 5.41) is 0.946. The number of piperidine rings is 1. The van der Waals surface area contributed by atoms with Gasteiger partial charge in [0.25, 0.3) is 5.56 Å². The van der Waals surface area contributed by atoms with Crippen LogP contribution in [0.1, 0.15) is 30.2 Å². The number of nitrogens with zero attached hydrogens (tertiary/aromatic N) is 4. The van der Waals surface area contributed by atoms with Crippen molar-refractivity contribution in [1.29, 1.82) is 0 Å². The standard InChI is InChI=1S/C24H22N4O2/c1-15-4-7-22-19(12-15)26-24(30-22)16-8-10-28(11-9-16)21-14-23(29)27(3)20-6-5-17(25-2)13-18(20)21/h4-7,12-14,16H,8-11H2,1,3H3. The van der Waals surface area contributed by atoms with E-state index < -0.39 is 0 Å². The molecule has 6 nitrogen and oxygen atoms in total. The normalized spacial score (nSPS) is 15.0. The minimum Gasteiger partial charge on any atom is -0.440 e. The molecule has 1 aliphatic rings. The van der Waals surface area contributed by atoms with E-state index in [4.69, 9.17) is 16.0 Å². The van der Waals surface area contributed by atoms with Crippen molar-refractivity contribution in [2.75, 3.05) is 18.0 Å². The van der Waals surface area contributed by atoms with Crippen LogP contribution in [-0.4, -0.2) is 22.6 Å². The van der Waals surface area contributed by atoms with Gasteiger partial charge in [0, 0.05) is 37.5 Å². The molecular weight excluding hydrogens is 376 g/mol. The van der Waals surface area contributed by atoms with Gasteiger partial charge in [-0.3, -0.25) is 4.79 Å². The Kier molecular flexibility index (Phi) is 4.32. The van der Waals surface area contributed by atoms with Gasteiger partial charge in [0.2, 0.25) is 0 Å². The summed E-state index contributed by atoms with van der Waals surface area (Å²) in [5.74, 6) is 1.07. The van der Waals surface area contributed by atoms with Crippen molar-refractivity contribution in [3.8, 4) is 0 Å². The van der Waals surface area contributed by atoms with Crippen LogP contribution in [0, 0.1) is 13.5 Å². The largest absolute Gasteiger partial charge is 0.440 e. The highest BCUT2D eigenvalue weighted by atomic mass is 16.3. The third-order valence-electron chi connectivity index (χ3n) is 6.08. The Morgan fingerprint density at radius 3 is 2.70 bits per heavy atom. The van der Waals surface area contributed by atoms with Crippen molar-refractivity contribution in [3.05, 3.63) is 75.7 Å². The third kappa shape index (κ3) is 3.03. The zero-order valence-electron chi connectivity index (χ0n) is 17.1. The van der Waals surface area contributed by atoms with Crippen LogP contribution in [0.4, 0.5) is 11.4 Å². The van der Waals surface area contributed by atoms with Crippen LogP contribution in [0.5, 0.6) is 0 Å². The van der Waals surface area contributed by atoms with Crippen molar-refractivity contribution in [2.45, 2.75) is 25.7 Å². The first-order valence-corrected chi connectivity index (χ1v) is 10.2. The van der Waals surface area contributed by atoms with E-state index in [0.29, 0.717) is 5.69 Å². The van der Waals surface area contributed by atoms with Crippen molar-refractivity contribution in [2.24, 2.45) is 7.05 Å². The number of aromatic nitrogens is 2.